The Labute approximate surface area is 152 Å². The second-order valence-electron chi connectivity index (χ2n) is 4.57. The third-order valence-corrected chi connectivity index (χ3v) is 3.53. The lowest BCUT2D eigenvalue weighted by Gasteiger charge is -2.42. The van der Waals surface area contributed by atoms with Crippen LogP contribution in [0.25, 0.3) is 0 Å². The van der Waals surface area contributed by atoms with E-state index >= 15 is 0 Å². The van der Waals surface area contributed by atoms with Gasteiger partial charge in [-0.15, -0.1) is 0 Å². The van der Waals surface area contributed by atoms with Crippen molar-refractivity contribution in [2.45, 2.75) is 57.0 Å². The summed E-state index contributed by atoms with van der Waals surface area (Å²) >= 11 is 3.09. The number of halogens is 1. The van der Waals surface area contributed by atoms with Crippen molar-refractivity contribution in [3.05, 3.63) is 0 Å². The minimum atomic E-state index is -1.46. The van der Waals surface area contributed by atoms with Crippen molar-refractivity contribution in [3.8, 4) is 0 Å². The lowest BCUT2D eigenvalue weighted by atomic mass is 9.99. The number of alkyl halides is 1. The summed E-state index contributed by atoms with van der Waals surface area (Å²) in [6, 6.07) is 0. The van der Waals surface area contributed by atoms with Crippen LogP contribution in [0, 0.1) is 0 Å². The number of hydrogen-bond donors (Lipinski definition) is 0. The van der Waals surface area contributed by atoms with Gasteiger partial charge >= 0.3 is 23.9 Å². The normalized spacial score (nSPS) is 31.5. The molecule has 0 bridgehead atoms. The molecule has 1 fully saturated rings. The van der Waals surface area contributed by atoms with Gasteiger partial charge in [-0.2, -0.15) is 0 Å². The Morgan fingerprint density at radius 1 is 0.875 bits per heavy atom. The molecule has 0 aromatic rings. The van der Waals surface area contributed by atoms with Crippen molar-refractivity contribution in [3.63, 3.8) is 0 Å². The first-order valence-electron chi connectivity index (χ1n) is 9.30. The van der Waals surface area contributed by atoms with E-state index in [9.17, 15) is 19.2 Å². The molecule has 10 heteroatoms. The molecule has 0 aromatic heterocycles. The van der Waals surface area contributed by atoms with E-state index in [1.54, 1.807) is 0 Å². The van der Waals surface area contributed by atoms with E-state index in [-0.39, 0.29) is 0 Å². The maximum absolute atomic E-state index is 11.7. The van der Waals surface area contributed by atoms with Crippen LogP contribution in [0.4, 0.5) is 0 Å². The molecule has 1 saturated heterocycles. The molecule has 9 nitrogen and oxygen atoms in total. The Bertz CT molecular complexity index is 579. The van der Waals surface area contributed by atoms with E-state index < -0.39 is 87.5 Å². The highest BCUT2D eigenvalue weighted by Gasteiger charge is 2.51. The van der Waals surface area contributed by atoms with E-state index in [1.165, 1.54) is 0 Å². The van der Waals surface area contributed by atoms with Gasteiger partial charge in [0, 0.05) is 33.1 Å². The molecule has 0 N–H and O–H groups in total. The molecule has 5 atom stereocenters. The third kappa shape index (κ3) is 6.08. The van der Waals surface area contributed by atoms with Gasteiger partial charge < -0.3 is 23.7 Å². The van der Waals surface area contributed by atoms with Gasteiger partial charge in [0.25, 0.3) is 0 Å². The molecule has 24 heavy (non-hydrogen) atoms. The molecule has 0 amide bonds. The van der Waals surface area contributed by atoms with Crippen LogP contribution in [0.1, 0.15) is 33.1 Å². The lowest BCUT2D eigenvalue weighted by molar-refractivity contribution is -0.236. The molecular formula is C14H19BrO9. The highest BCUT2D eigenvalue weighted by atomic mass is 79.9. The van der Waals surface area contributed by atoms with E-state index in [4.69, 9.17) is 29.2 Å². The van der Waals surface area contributed by atoms with Crippen molar-refractivity contribution in [1.29, 1.82) is 0 Å². The van der Waals surface area contributed by atoms with Crippen LogP contribution < -0.4 is 0 Å². The van der Waals surface area contributed by atoms with Crippen LogP contribution in [0.15, 0.2) is 0 Å². The molecule has 0 unspecified atom stereocenters. The highest BCUT2D eigenvalue weighted by molar-refractivity contribution is 9.09. The summed E-state index contributed by atoms with van der Waals surface area (Å²) in [5.74, 6) is -3.90. The van der Waals surface area contributed by atoms with Gasteiger partial charge in [-0.3, -0.25) is 19.2 Å². The Morgan fingerprint density at radius 2 is 1.38 bits per heavy atom. The molecule has 1 heterocycles. The first-order chi connectivity index (χ1) is 13.3. The standard InChI is InChI=1S/C14H19BrO9/c1-6(16)20-5-10-11(21-7(2)17)12(22-8(3)18)13(14(15)24-10)23-9(4)19/h10-14H,5H2,1-4H3/t10-,11+,12+,13-,14-/m1/s1/i1D,2D,3D,4D. The van der Waals surface area contributed by atoms with Gasteiger partial charge in [-0.05, 0) is 0 Å². The predicted molar refractivity (Wildman–Crippen MR) is 80.9 cm³/mol. The number of carbonyl (C=O) groups excluding carboxylic acids is 4. The van der Waals surface area contributed by atoms with Gasteiger partial charge in [0.05, 0.1) is 0 Å². The summed E-state index contributed by atoms with van der Waals surface area (Å²) in [6.07, 6.45) is -5.43. The van der Waals surface area contributed by atoms with Crippen LogP contribution in [0.2, 0.25) is 0 Å². The molecular weight excluding hydrogens is 392 g/mol. The maximum atomic E-state index is 11.7. The number of hydrogen-bond acceptors (Lipinski definition) is 9. The molecule has 1 aliphatic heterocycles. The second-order valence-corrected chi connectivity index (χ2v) is 5.47. The Kier molecular flexibility index (Phi) is 5.48. The second kappa shape index (κ2) is 8.97. The molecule has 1 aliphatic rings. The minimum Gasteiger partial charge on any atom is -0.463 e. The van der Waals surface area contributed by atoms with E-state index in [0.717, 1.165) is 0 Å². The SMILES string of the molecule is [2H]CC(=O)OC[C@H]1O[C@@H](Br)[C@H](OC(=O)C[2H])[C@@H](OC(=O)C[2H])[C@H]1OC(=O)C[2H]. The zero-order valence-corrected chi connectivity index (χ0v) is 14.1. The van der Waals surface area contributed by atoms with Crippen molar-refractivity contribution >= 4 is 39.8 Å². The average molecular weight is 415 g/mol. The minimum absolute atomic E-state index is 0.482. The fourth-order valence-corrected chi connectivity index (χ4v) is 2.72. The van der Waals surface area contributed by atoms with Crippen LogP contribution in [0.5, 0.6) is 0 Å². The maximum Gasteiger partial charge on any atom is 0.303 e. The van der Waals surface area contributed by atoms with Crippen molar-refractivity contribution in [2.75, 3.05) is 6.61 Å². The largest absolute Gasteiger partial charge is 0.463 e. The van der Waals surface area contributed by atoms with Crippen molar-refractivity contribution < 1.29 is 48.3 Å². The van der Waals surface area contributed by atoms with Crippen LogP contribution in [0.3, 0.4) is 0 Å². The van der Waals surface area contributed by atoms with Gasteiger partial charge in [-0.1, -0.05) is 15.9 Å². The van der Waals surface area contributed by atoms with E-state index in [1.807, 2.05) is 0 Å². The van der Waals surface area contributed by atoms with Crippen LogP contribution >= 0.6 is 15.9 Å². The summed E-state index contributed by atoms with van der Waals surface area (Å²) < 4.78 is 53.7. The Hall–Kier alpha value is -1.68. The Balaban J connectivity index is 3.17. The lowest BCUT2D eigenvalue weighted by Crippen LogP contribution is -2.60. The van der Waals surface area contributed by atoms with Crippen LogP contribution in [-0.2, 0) is 42.9 Å². The van der Waals surface area contributed by atoms with Gasteiger partial charge in [0.2, 0.25) is 0 Å². The fourth-order valence-electron chi connectivity index (χ4n) is 2.03. The molecule has 0 aliphatic carbocycles. The molecule has 0 spiro atoms. The van der Waals surface area contributed by atoms with Crippen molar-refractivity contribution in [1.82, 2.24) is 0 Å². The summed E-state index contributed by atoms with van der Waals surface area (Å²) in [5, 5.41) is -1.10. The summed E-state index contributed by atoms with van der Waals surface area (Å²) in [5.41, 5.74) is 0. The first-order valence-corrected chi connectivity index (χ1v) is 7.39. The summed E-state index contributed by atoms with van der Waals surface area (Å²) in [6.45, 7) is -3.44. The molecule has 0 aromatic carbocycles. The molecule has 1 rings (SSSR count). The zero-order chi connectivity index (χ0) is 21.3. The van der Waals surface area contributed by atoms with Crippen molar-refractivity contribution in [2.24, 2.45) is 0 Å². The summed E-state index contributed by atoms with van der Waals surface area (Å²) in [7, 11) is 0. The zero-order valence-electron chi connectivity index (χ0n) is 16.5. The highest BCUT2D eigenvalue weighted by Crippen LogP contribution is 2.31. The van der Waals surface area contributed by atoms with Crippen LogP contribution in [-0.4, -0.2) is 59.9 Å². The number of rotatable bonds is 5. The van der Waals surface area contributed by atoms with Gasteiger partial charge in [-0.25, -0.2) is 0 Å². The fraction of sp³-hybridized carbons (Fsp3) is 0.714. The van der Waals surface area contributed by atoms with E-state index in [0.29, 0.717) is 0 Å². The molecule has 0 saturated carbocycles. The number of carbonyl (C=O) groups is 4. The molecule has 0 radical (unpaired) electrons. The smallest absolute Gasteiger partial charge is 0.303 e. The number of esters is 4. The predicted octanol–water partition coefficient (Wildman–Crippen LogP) is 0.464. The number of ether oxygens (including phenoxy) is 5. The molecule has 136 valence electrons. The Morgan fingerprint density at radius 3 is 1.92 bits per heavy atom. The third-order valence-electron chi connectivity index (χ3n) is 2.79. The van der Waals surface area contributed by atoms with Gasteiger partial charge in [0.1, 0.15) is 12.7 Å². The average Bonchev–Trinajstić information content (AvgIpc) is 2.69. The van der Waals surface area contributed by atoms with E-state index in [2.05, 4.69) is 15.9 Å². The quantitative estimate of drug-likeness (QED) is 0.359. The monoisotopic (exact) mass is 414 g/mol. The summed E-state index contributed by atoms with van der Waals surface area (Å²) in [4.78, 5) is 46.1. The van der Waals surface area contributed by atoms with Gasteiger partial charge in [0.15, 0.2) is 23.3 Å². The first kappa shape index (κ1) is 14.6. The topological polar surface area (TPSA) is 114 Å².